The van der Waals surface area contributed by atoms with Gasteiger partial charge in [0.1, 0.15) is 0 Å². The van der Waals surface area contributed by atoms with Crippen LogP contribution in [0.4, 0.5) is 18.9 Å². The number of anilines is 1. The first-order valence-corrected chi connectivity index (χ1v) is 11.0. The molecule has 0 atom stereocenters. The first kappa shape index (κ1) is 22.8. The molecule has 3 aromatic rings. The summed E-state index contributed by atoms with van der Waals surface area (Å²) >= 11 is 0. The maximum atomic E-state index is 12.7. The Morgan fingerprint density at radius 1 is 1.30 bits per heavy atom. The zero-order chi connectivity index (χ0) is 23.8. The number of aryl methyl sites for hydroxylation is 2. The standard InChI is InChI=1S/C25H25F3N4O/c1-3-17-11-20(30-9-8-25(26,27)28)23-31-13-21(32(23)14-17)18-4-5-19(16(2)10-18)22(33)12-24(15-29)6-7-24/h4-5,10-11,13-14,30H,3,6-9,12H2,1-2H3. The average molecular weight is 454 g/mol. The lowest BCUT2D eigenvalue weighted by Crippen LogP contribution is -2.15. The van der Waals surface area contributed by atoms with E-state index in [2.05, 4.69) is 16.4 Å². The van der Waals surface area contributed by atoms with Gasteiger partial charge in [-0.25, -0.2) is 4.98 Å². The largest absolute Gasteiger partial charge is 0.390 e. The molecule has 172 valence electrons. The number of halogens is 3. The number of nitrogens with one attached hydrogen (secondary N) is 1. The molecule has 5 nitrogen and oxygen atoms in total. The molecule has 1 aliphatic carbocycles. The lowest BCUT2D eigenvalue weighted by molar-refractivity contribution is -0.131. The number of nitriles is 1. The first-order valence-electron chi connectivity index (χ1n) is 11.0. The molecule has 1 aliphatic rings. The van der Waals surface area contributed by atoms with Gasteiger partial charge in [0.15, 0.2) is 11.4 Å². The summed E-state index contributed by atoms with van der Waals surface area (Å²) in [4.78, 5) is 17.2. The minimum atomic E-state index is -4.23. The summed E-state index contributed by atoms with van der Waals surface area (Å²) in [5, 5.41) is 12.2. The van der Waals surface area contributed by atoms with Crippen molar-refractivity contribution in [3.63, 3.8) is 0 Å². The van der Waals surface area contributed by atoms with Crippen LogP contribution in [0, 0.1) is 23.7 Å². The van der Waals surface area contributed by atoms with Crippen LogP contribution in [0.25, 0.3) is 16.9 Å². The fourth-order valence-corrected chi connectivity index (χ4v) is 4.04. The van der Waals surface area contributed by atoms with Crippen LogP contribution in [0.5, 0.6) is 0 Å². The zero-order valence-electron chi connectivity index (χ0n) is 18.6. The Balaban J connectivity index is 1.64. The Morgan fingerprint density at radius 2 is 2.06 bits per heavy atom. The highest BCUT2D eigenvalue weighted by Crippen LogP contribution is 2.48. The molecule has 0 radical (unpaired) electrons. The van der Waals surface area contributed by atoms with Crippen LogP contribution in [-0.4, -0.2) is 27.9 Å². The topological polar surface area (TPSA) is 70.2 Å². The molecule has 0 aliphatic heterocycles. The van der Waals surface area contributed by atoms with Gasteiger partial charge >= 0.3 is 6.18 Å². The van der Waals surface area contributed by atoms with E-state index in [1.165, 1.54) is 0 Å². The van der Waals surface area contributed by atoms with E-state index in [1.807, 2.05) is 42.6 Å². The van der Waals surface area contributed by atoms with E-state index in [0.29, 0.717) is 23.3 Å². The Morgan fingerprint density at radius 3 is 2.67 bits per heavy atom. The molecule has 2 heterocycles. The van der Waals surface area contributed by atoms with Gasteiger partial charge in [0, 0.05) is 30.3 Å². The highest BCUT2D eigenvalue weighted by Gasteiger charge is 2.45. The molecule has 1 fully saturated rings. The Hall–Kier alpha value is -3.34. The van der Waals surface area contributed by atoms with Crippen molar-refractivity contribution in [1.82, 2.24) is 9.38 Å². The number of Topliss-reactive ketones (excluding diaryl/α,β-unsaturated/α-hetero) is 1. The second-order valence-electron chi connectivity index (χ2n) is 8.77. The van der Waals surface area contributed by atoms with E-state index in [-0.39, 0.29) is 18.7 Å². The molecule has 8 heteroatoms. The van der Waals surface area contributed by atoms with E-state index in [0.717, 1.165) is 35.2 Å². The molecule has 0 amide bonds. The number of alkyl halides is 3. The van der Waals surface area contributed by atoms with Crippen molar-refractivity contribution in [2.24, 2.45) is 5.41 Å². The van der Waals surface area contributed by atoms with Crippen molar-refractivity contribution in [3.8, 4) is 17.3 Å². The van der Waals surface area contributed by atoms with Gasteiger partial charge in [-0.1, -0.05) is 19.1 Å². The maximum Gasteiger partial charge on any atom is 0.390 e. The Bertz CT molecular complexity index is 1250. The molecule has 33 heavy (non-hydrogen) atoms. The molecule has 0 bridgehead atoms. The van der Waals surface area contributed by atoms with E-state index in [4.69, 9.17) is 0 Å². The van der Waals surface area contributed by atoms with E-state index < -0.39 is 18.0 Å². The fourth-order valence-electron chi connectivity index (χ4n) is 4.04. The molecule has 1 N–H and O–H groups in total. The van der Waals surface area contributed by atoms with Gasteiger partial charge in [-0.15, -0.1) is 0 Å². The van der Waals surface area contributed by atoms with E-state index in [9.17, 15) is 23.2 Å². The zero-order valence-corrected chi connectivity index (χ0v) is 18.6. The summed E-state index contributed by atoms with van der Waals surface area (Å²) in [6, 6.07) is 9.65. The van der Waals surface area contributed by atoms with Crippen LogP contribution in [0.3, 0.4) is 0 Å². The molecular weight excluding hydrogens is 429 g/mol. The smallest absolute Gasteiger partial charge is 0.382 e. The van der Waals surface area contributed by atoms with Gasteiger partial charge in [-0.3, -0.25) is 9.20 Å². The maximum absolute atomic E-state index is 12.7. The Kier molecular flexibility index (Phi) is 5.91. The van der Waals surface area contributed by atoms with Crippen molar-refractivity contribution >= 4 is 17.1 Å². The highest BCUT2D eigenvalue weighted by atomic mass is 19.4. The Labute approximate surface area is 190 Å². The monoisotopic (exact) mass is 454 g/mol. The number of rotatable bonds is 8. The van der Waals surface area contributed by atoms with Crippen LogP contribution in [-0.2, 0) is 6.42 Å². The molecule has 1 aromatic carbocycles. The van der Waals surface area contributed by atoms with Gasteiger partial charge < -0.3 is 5.32 Å². The number of carbonyl (C=O) groups excluding carboxylic acids is 1. The van der Waals surface area contributed by atoms with Crippen molar-refractivity contribution in [2.45, 2.75) is 52.1 Å². The molecule has 0 spiro atoms. The van der Waals surface area contributed by atoms with Crippen molar-refractivity contribution in [2.75, 3.05) is 11.9 Å². The van der Waals surface area contributed by atoms with Gasteiger partial charge in [-0.05, 0) is 49.4 Å². The second-order valence-corrected chi connectivity index (χ2v) is 8.77. The van der Waals surface area contributed by atoms with Crippen LogP contribution < -0.4 is 5.32 Å². The summed E-state index contributed by atoms with van der Waals surface area (Å²) in [6.07, 6.45) is 0.973. The summed E-state index contributed by atoms with van der Waals surface area (Å²) in [6.45, 7) is 3.62. The summed E-state index contributed by atoms with van der Waals surface area (Å²) in [5.41, 5.74) is 4.65. The van der Waals surface area contributed by atoms with Crippen LogP contribution in [0.2, 0.25) is 0 Å². The molecule has 1 saturated carbocycles. The number of ketones is 1. The van der Waals surface area contributed by atoms with Crippen molar-refractivity contribution in [1.29, 1.82) is 5.26 Å². The lowest BCUT2D eigenvalue weighted by atomic mass is 9.93. The van der Waals surface area contributed by atoms with Crippen molar-refractivity contribution in [3.05, 3.63) is 53.3 Å². The van der Waals surface area contributed by atoms with Crippen LogP contribution in [0.1, 0.15) is 54.1 Å². The SMILES string of the molecule is CCc1cc(NCCC(F)(F)F)c2ncc(-c3ccc(C(=O)CC4(C#N)CC4)c(C)c3)n2c1. The third kappa shape index (κ3) is 4.87. The summed E-state index contributed by atoms with van der Waals surface area (Å²) < 4.78 is 39.6. The number of aromatic nitrogens is 2. The third-order valence-corrected chi connectivity index (χ3v) is 6.21. The number of pyridine rings is 1. The average Bonchev–Trinajstić information content (AvgIpc) is 3.40. The van der Waals surface area contributed by atoms with Gasteiger partial charge in [-0.2, -0.15) is 18.4 Å². The summed E-state index contributed by atoms with van der Waals surface area (Å²) in [7, 11) is 0. The minimum absolute atomic E-state index is 0.0272. The predicted octanol–water partition coefficient (Wildman–Crippen LogP) is 6.11. The summed E-state index contributed by atoms with van der Waals surface area (Å²) in [5.74, 6) is -0.0272. The molecular formula is C25H25F3N4O. The molecule has 2 aromatic heterocycles. The van der Waals surface area contributed by atoms with Crippen molar-refractivity contribution < 1.29 is 18.0 Å². The molecule has 0 saturated heterocycles. The lowest BCUT2D eigenvalue weighted by Gasteiger charge is -2.13. The number of benzene rings is 1. The van der Waals surface area contributed by atoms with Crippen LogP contribution >= 0.6 is 0 Å². The van der Waals surface area contributed by atoms with Gasteiger partial charge in [0.05, 0.1) is 35.5 Å². The number of imidazole rings is 1. The normalized spacial score (nSPS) is 14.8. The highest BCUT2D eigenvalue weighted by molar-refractivity contribution is 5.98. The second kappa shape index (κ2) is 8.54. The van der Waals surface area contributed by atoms with E-state index >= 15 is 0 Å². The number of hydrogen-bond acceptors (Lipinski definition) is 4. The predicted molar refractivity (Wildman–Crippen MR) is 120 cm³/mol. The van der Waals surface area contributed by atoms with E-state index in [1.54, 1.807) is 12.3 Å². The number of nitrogens with zero attached hydrogens (tertiary/aromatic N) is 3. The third-order valence-electron chi connectivity index (χ3n) is 6.21. The fraction of sp³-hybridized carbons (Fsp3) is 0.400. The number of carbonyl (C=O) groups is 1. The number of hydrogen-bond donors (Lipinski definition) is 1. The quantitative estimate of drug-likeness (QED) is 0.417. The van der Waals surface area contributed by atoms with Gasteiger partial charge in [0.25, 0.3) is 0 Å². The first-order chi connectivity index (χ1) is 15.6. The van der Waals surface area contributed by atoms with Gasteiger partial charge in [0.2, 0.25) is 0 Å². The number of fused-ring (bicyclic) bond motifs is 1. The van der Waals surface area contributed by atoms with Crippen LogP contribution in [0.15, 0.2) is 36.7 Å². The molecule has 4 rings (SSSR count). The minimum Gasteiger partial charge on any atom is -0.382 e. The molecule has 0 unspecified atom stereocenters.